The molecule has 0 spiro atoms. The third-order valence-corrected chi connectivity index (χ3v) is 2.76. The summed E-state index contributed by atoms with van der Waals surface area (Å²) in [6, 6.07) is 8.57. The number of urea groups is 1. The minimum Gasteiger partial charge on any atom is -0.504 e. The normalized spacial score (nSPS) is 10.0. The number of para-hydroxylation sites is 2. The molecule has 0 heterocycles. The van der Waals surface area contributed by atoms with Crippen molar-refractivity contribution < 1.29 is 24.9 Å². The highest BCUT2D eigenvalue weighted by atomic mass is 16.5. The third kappa shape index (κ3) is 3.51. The van der Waals surface area contributed by atoms with Crippen molar-refractivity contribution in [2.24, 2.45) is 0 Å². The number of phenolic OH excluding ortho intramolecular Hbond substituents is 3. The summed E-state index contributed by atoms with van der Waals surface area (Å²) in [7, 11) is 0. The fourth-order valence-electron chi connectivity index (χ4n) is 1.81. The number of amides is 2. The first kappa shape index (κ1) is 15.3. The van der Waals surface area contributed by atoms with Gasteiger partial charge < -0.3 is 30.7 Å². The molecule has 2 aromatic carbocycles. The molecule has 0 atom stereocenters. The SMILES string of the molecule is CCOc1ccccc1NC(=O)Nc1cc(O)c(O)c(O)c1. The number of carbonyl (C=O) groups is 1. The Kier molecular flexibility index (Phi) is 4.57. The van der Waals surface area contributed by atoms with Gasteiger partial charge in [-0.3, -0.25) is 0 Å². The van der Waals surface area contributed by atoms with Crippen molar-refractivity contribution >= 4 is 17.4 Å². The summed E-state index contributed by atoms with van der Waals surface area (Å²) in [5.74, 6) is -1.20. The van der Waals surface area contributed by atoms with Gasteiger partial charge in [0.2, 0.25) is 0 Å². The number of hydrogen-bond donors (Lipinski definition) is 5. The van der Waals surface area contributed by atoms with E-state index in [9.17, 15) is 20.1 Å². The minimum atomic E-state index is -0.646. The van der Waals surface area contributed by atoms with Gasteiger partial charge in [0.25, 0.3) is 0 Å². The number of benzene rings is 2. The first-order valence-corrected chi connectivity index (χ1v) is 6.56. The standard InChI is InChI=1S/C15H16N2O5/c1-2-22-13-6-4-3-5-10(13)17-15(21)16-9-7-11(18)14(20)12(19)8-9/h3-8,18-20H,2H2,1H3,(H2,16,17,21). The summed E-state index contributed by atoms with van der Waals surface area (Å²) < 4.78 is 5.39. The molecule has 0 radical (unpaired) electrons. The maximum atomic E-state index is 11.9. The molecule has 0 aliphatic rings. The Balaban J connectivity index is 2.11. The Morgan fingerprint density at radius 2 is 1.73 bits per heavy atom. The average molecular weight is 304 g/mol. The number of aromatic hydroxyl groups is 3. The molecule has 2 aromatic rings. The molecular formula is C15H16N2O5. The van der Waals surface area contributed by atoms with Gasteiger partial charge in [-0.1, -0.05) is 12.1 Å². The smallest absolute Gasteiger partial charge is 0.323 e. The van der Waals surface area contributed by atoms with Crippen molar-refractivity contribution in [1.29, 1.82) is 0 Å². The maximum Gasteiger partial charge on any atom is 0.323 e. The monoisotopic (exact) mass is 304 g/mol. The van der Waals surface area contributed by atoms with Crippen molar-refractivity contribution in [2.45, 2.75) is 6.92 Å². The van der Waals surface area contributed by atoms with Crippen LogP contribution in [0.1, 0.15) is 6.92 Å². The molecule has 0 saturated heterocycles. The first-order chi connectivity index (χ1) is 10.5. The van der Waals surface area contributed by atoms with Crippen molar-refractivity contribution in [3.63, 3.8) is 0 Å². The molecule has 0 unspecified atom stereocenters. The van der Waals surface area contributed by atoms with Crippen LogP contribution < -0.4 is 15.4 Å². The van der Waals surface area contributed by atoms with E-state index in [1.165, 1.54) is 0 Å². The summed E-state index contributed by atoms with van der Waals surface area (Å²) in [4.78, 5) is 11.9. The number of phenols is 3. The van der Waals surface area contributed by atoms with E-state index in [0.717, 1.165) is 12.1 Å². The van der Waals surface area contributed by atoms with Crippen LogP contribution in [0.5, 0.6) is 23.0 Å². The van der Waals surface area contributed by atoms with E-state index in [2.05, 4.69) is 10.6 Å². The largest absolute Gasteiger partial charge is 0.504 e. The predicted octanol–water partition coefficient (Wildman–Crippen LogP) is 2.85. The Labute approximate surface area is 126 Å². The quantitative estimate of drug-likeness (QED) is 0.440. The van der Waals surface area contributed by atoms with Crippen LogP contribution in [0.25, 0.3) is 0 Å². The predicted molar refractivity (Wildman–Crippen MR) is 81.7 cm³/mol. The van der Waals surface area contributed by atoms with Crippen LogP contribution in [0.3, 0.4) is 0 Å². The van der Waals surface area contributed by atoms with E-state index in [-0.39, 0.29) is 5.69 Å². The van der Waals surface area contributed by atoms with Gasteiger partial charge in [0.15, 0.2) is 17.2 Å². The second-order valence-electron chi connectivity index (χ2n) is 4.37. The van der Waals surface area contributed by atoms with Crippen LogP contribution in [0.15, 0.2) is 36.4 Å². The second kappa shape index (κ2) is 6.57. The Morgan fingerprint density at radius 1 is 1.09 bits per heavy atom. The lowest BCUT2D eigenvalue weighted by Gasteiger charge is -2.12. The molecule has 0 aliphatic carbocycles. The van der Waals surface area contributed by atoms with Crippen LogP contribution in [-0.2, 0) is 0 Å². The van der Waals surface area contributed by atoms with E-state index in [4.69, 9.17) is 4.74 Å². The fourth-order valence-corrected chi connectivity index (χ4v) is 1.81. The Hall–Kier alpha value is -3.09. The summed E-state index contributed by atoms with van der Waals surface area (Å²) >= 11 is 0. The van der Waals surface area contributed by atoms with Gasteiger partial charge >= 0.3 is 6.03 Å². The number of nitrogens with one attached hydrogen (secondary N) is 2. The molecule has 22 heavy (non-hydrogen) atoms. The van der Waals surface area contributed by atoms with Gasteiger partial charge in [0.05, 0.1) is 18.0 Å². The molecule has 2 amide bonds. The van der Waals surface area contributed by atoms with Crippen molar-refractivity contribution in [1.82, 2.24) is 0 Å². The zero-order valence-corrected chi connectivity index (χ0v) is 11.8. The lowest BCUT2D eigenvalue weighted by molar-refractivity contribution is 0.262. The van der Waals surface area contributed by atoms with E-state index < -0.39 is 23.3 Å². The van der Waals surface area contributed by atoms with Crippen LogP contribution in [0.4, 0.5) is 16.2 Å². The van der Waals surface area contributed by atoms with Crippen LogP contribution in [-0.4, -0.2) is 28.0 Å². The van der Waals surface area contributed by atoms with E-state index >= 15 is 0 Å². The number of carbonyl (C=O) groups excluding carboxylic acids is 1. The van der Waals surface area contributed by atoms with Crippen molar-refractivity contribution in [3.05, 3.63) is 36.4 Å². The number of rotatable bonds is 4. The highest BCUT2D eigenvalue weighted by Gasteiger charge is 2.11. The van der Waals surface area contributed by atoms with Gasteiger partial charge in [0, 0.05) is 12.1 Å². The molecule has 7 heteroatoms. The molecule has 0 aliphatic heterocycles. The molecular weight excluding hydrogens is 288 g/mol. The van der Waals surface area contributed by atoms with E-state index in [0.29, 0.717) is 18.0 Å². The Bertz CT molecular complexity index is 664. The average Bonchev–Trinajstić information content (AvgIpc) is 2.47. The molecule has 116 valence electrons. The third-order valence-electron chi connectivity index (χ3n) is 2.76. The van der Waals surface area contributed by atoms with Crippen molar-refractivity contribution in [3.8, 4) is 23.0 Å². The summed E-state index contributed by atoms with van der Waals surface area (Å²) in [6.45, 7) is 2.29. The van der Waals surface area contributed by atoms with Gasteiger partial charge in [0.1, 0.15) is 5.75 Å². The van der Waals surface area contributed by atoms with Crippen LogP contribution in [0, 0.1) is 0 Å². The number of ether oxygens (including phenoxy) is 1. The first-order valence-electron chi connectivity index (χ1n) is 6.56. The lowest BCUT2D eigenvalue weighted by atomic mass is 10.2. The van der Waals surface area contributed by atoms with E-state index in [1.54, 1.807) is 24.3 Å². The fraction of sp³-hybridized carbons (Fsp3) is 0.133. The summed E-state index contributed by atoms with van der Waals surface area (Å²) in [5, 5.41) is 33.1. The number of anilines is 2. The molecule has 0 bridgehead atoms. The van der Waals surface area contributed by atoms with Gasteiger partial charge in [-0.2, -0.15) is 0 Å². The zero-order valence-electron chi connectivity index (χ0n) is 11.8. The number of hydrogen-bond acceptors (Lipinski definition) is 5. The second-order valence-corrected chi connectivity index (χ2v) is 4.37. The molecule has 5 N–H and O–H groups in total. The van der Waals surface area contributed by atoms with Crippen molar-refractivity contribution in [2.75, 3.05) is 17.2 Å². The topological polar surface area (TPSA) is 111 Å². The molecule has 0 aromatic heterocycles. The highest BCUT2D eigenvalue weighted by Crippen LogP contribution is 2.37. The zero-order chi connectivity index (χ0) is 16.1. The molecule has 7 nitrogen and oxygen atoms in total. The Morgan fingerprint density at radius 3 is 2.36 bits per heavy atom. The van der Waals surface area contributed by atoms with Gasteiger partial charge in [-0.15, -0.1) is 0 Å². The van der Waals surface area contributed by atoms with E-state index in [1.807, 2.05) is 6.92 Å². The summed E-state index contributed by atoms with van der Waals surface area (Å²) in [6.07, 6.45) is 0. The molecule has 0 saturated carbocycles. The van der Waals surface area contributed by atoms with Crippen LogP contribution >= 0.6 is 0 Å². The molecule has 0 fully saturated rings. The lowest BCUT2D eigenvalue weighted by Crippen LogP contribution is -2.19. The minimum absolute atomic E-state index is 0.124. The summed E-state index contributed by atoms with van der Waals surface area (Å²) in [5.41, 5.74) is 0.605. The van der Waals surface area contributed by atoms with Gasteiger partial charge in [-0.05, 0) is 19.1 Å². The highest BCUT2D eigenvalue weighted by molar-refractivity contribution is 6.01. The van der Waals surface area contributed by atoms with Gasteiger partial charge in [-0.25, -0.2) is 4.79 Å². The molecule has 2 rings (SSSR count). The van der Waals surface area contributed by atoms with Crippen LogP contribution in [0.2, 0.25) is 0 Å². The maximum absolute atomic E-state index is 11.9.